The summed E-state index contributed by atoms with van der Waals surface area (Å²) in [7, 11) is 3.19. The van der Waals surface area contributed by atoms with Crippen LogP contribution in [0.2, 0.25) is 0 Å². The van der Waals surface area contributed by atoms with E-state index >= 15 is 0 Å². The summed E-state index contributed by atoms with van der Waals surface area (Å²) in [5, 5.41) is 3.03. The van der Waals surface area contributed by atoms with Crippen molar-refractivity contribution in [3.05, 3.63) is 41.5 Å². The first kappa shape index (κ1) is 21.9. The molecule has 2 heterocycles. The number of nitrogens with one attached hydrogen (secondary N) is 1. The zero-order valence-corrected chi connectivity index (χ0v) is 19.6. The van der Waals surface area contributed by atoms with Gasteiger partial charge >= 0.3 is 0 Å². The van der Waals surface area contributed by atoms with Gasteiger partial charge < -0.3 is 24.3 Å². The van der Waals surface area contributed by atoms with Crippen molar-refractivity contribution < 1.29 is 23.7 Å². The van der Waals surface area contributed by atoms with Crippen molar-refractivity contribution in [3.63, 3.8) is 0 Å². The molecule has 176 valence electrons. The summed E-state index contributed by atoms with van der Waals surface area (Å²) in [6.07, 6.45) is 4.70. The normalized spacial score (nSPS) is 20.9. The molecule has 1 unspecified atom stereocenters. The van der Waals surface area contributed by atoms with Crippen LogP contribution in [-0.4, -0.2) is 51.3 Å². The molecule has 2 aromatic rings. The van der Waals surface area contributed by atoms with Gasteiger partial charge in [-0.2, -0.15) is 0 Å². The Labute approximate surface area is 195 Å². The van der Waals surface area contributed by atoms with Crippen LogP contribution in [0.5, 0.6) is 23.0 Å². The lowest BCUT2D eigenvalue weighted by Crippen LogP contribution is -2.48. The SMILES string of the molecule is COc1ccc(NC(=O)CN2CC3(CCCC3)c3cc4c(cc3C2C)OCCO4)c(OC)c1. The van der Waals surface area contributed by atoms with E-state index in [0.717, 1.165) is 30.9 Å². The molecule has 1 saturated carbocycles. The highest BCUT2D eigenvalue weighted by Crippen LogP contribution is 2.51. The third-order valence-corrected chi connectivity index (χ3v) is 7.38. The van der Waals surface area contributed by atoms with Gasteiger partial charge in [0.15, 0.2) is 11.5 Å². The van der Waals surface area contributed by atoms with Crippen molar-refractivity contribution in [3.8, 4) is 23.0 Å². The number of carbonyl (C=O) groups excluding carboxylic acids is 1. The lowest BCUT2D eigenvalue weighted by atomic mass is 9.71. The summed E-state index contributed by atoms with van der Waals surface area (Å²) in [6, 6.07) is 9.86. The van der Waals surface area contributed by atoms with Gasteiger partial charge in [-0.15, -0.1) is 0 Å². The van der Waals surface area contributed by atoms with Crippen molar-refractivity contribution >= 4 is 11.6 Å². The van der Waals surface area contributed by atoms with Crippen molar-refractivity contribution in [2.24, 2.45) is 0 Å². The number of anilines is 1. The topological polar surface area (TPSA) is 69.3 Å². The number of hydrogen-bond donors (Lipinski definition) is 1. The Hall–Kier alpha value is -2.93. The highest BCUT2D eigenvalue weighted by molar-refractivity contribution is 5.94. The number of fused-ring (bicyclic) bond motifs is 3. The number of methoxy groups -OCH3 is 2. The molecular formula is C26H32N2O5. The van der Waals surface area contributed by atoms with Gasteiger partial charge in [-0.05, 0) is 55.2 Å². The Morgan fingerprint density at radius 1 is 1.09 bits per heavy atom. The van der Waals surface area contributed by atoms with E-state index in [4.69, 9.17) is 18.9 Å². The average molecular weight is 453 g/mol. The molecule has 1 atom stereocenters. The number of hydrogen-bond acceptors (Lipinski definition) is 6. The van der Waals surface area contributed by atoms with Gasteiger partial charge in [-0.3, -0.25) is 9.69 Å². The fourth-order valence-electron chi connectivity index (χ4n) is 5.67. The zero-order valence-electron chi connectivity index (χ0n) is 19.6. The molecule has 0 saturated heterocycles. The van der Waals surface area contributed by atoms with E-state index in [2.05, 4.69) is 29.3 Å². The summed E-state index contributed by atoms with van der Waals surface area (Å²) in [5.74, 6) is 2.88. The molecule has 5 rings (SSSR count). The molecule has 0 bridgehead atoms. The maximum absolute atomic E-state index is 13.1. The molecule has 1 N–H and O–H groups in total. The molecular weight excluding hydrogens is 420 g/mol. The Kier molecular flexibility index (Phi) is 5.83. The predicted octanol–water partition coefficient (Wildman–Crippen LogP) is 4.30. The molecule has 2 aliphatic heterocycles. The van der Waals surface area contributed by atoms with Crippen LogP contribution in [0.4, 0.5) is 5.69 Å². The number of benzene rings is 2. The Balaban J connectivity index is 1.40. The molecule has 0 aromatic heterocycles. The Bertz CT molecular complexity index is 1050. The van der Waals surface area contributed by atoms with Crippen LogP contribution in [0.3, 0.4) is 0 Å². The molecule has 1 fully saturated rings. The van der Waals surface area contributed by atoms with Crippen molar-refractivity contribution in [2.45, 2.75) is 44.1 Å². The fourth-order valence-corrected chi connectivity index (χ4v) is 5.67. The molecule has 2 aromatic carbocycles. The van der Waals surface area contributed by atoms with Gasteiger partial charge in [0.2, 0.25) is 5.91 Å². The van der Waals surface area contributed by atoms with Crippen LogP contribution < -0.4 is 24.3 Å². The number of ether oxygens (including phenoxy) is 4. The number of rotatable bonds is 5. The highest BCUT2D eigenvalue weighted by atomic mass is 16.6. The van der Waals surface area contributed by atoms with Crippen LogP contribution >= 0.6 is 0 Å². The Morgan fingerprint density at radius 2 is 1.82 bits per heavy atom. The van der Waals surface area contributed by atoms with E-state index in [1.165, 1.54) is 24.0 Å². The number of carbonyl (C=O) groups is 1. The summed E-state index contributed by atoms with van der Waals surface area (Å²) < 4.78 is 22.5. The lowest BCUT2D eigenvalue weighted by Gasteiger charge is -2.46. The molecule has 3 aliphatic rings. The molecule has 7 nitrogen and oxygen atoms in total. The molecule has 33 heavy (non-hydrogen) atoms. The van der Waals surface area contributed by atoms with Crippen molar-refractivity contribution in [1.82, 2.24) is 4.90 Å². The van der Waals surface area contributed by atoms with Gasteiger partial charge in [-0.25, -0.2) is 0 Å². The van der Waals surface area contributed by atoms with Crippen LogP contribution in [0, 0.1) is 0 Å². The van der Waals surface area contributed by atoms with E-state index < -0.39 is 0 Å². The van der Waals surface area contributed by atoms with Crippen LogP contribution in [-0.2, 0) is 10.2 Å². The quantitative estimate of drug-likeness (QED) is 0.730. The van der Waals surface area contributed by atoms with Gasteiger partial charge in [0.25, 0.3) is 0 Å². The third kappa shape index (κ3) is 3.99. The summed E-state index contributed by atoms with van der Waals surface area (Å²) in [4.78, 5) is 15.4. The summed E-state index contributed by atoms with van der Waals surface area (Å²) >= 11 is 0. The van der Waals surface area contributed by atoms with Crippen LogP contribution in [0.1, 0.15) is 49.8 Å². The standard InChI is InChI=1S/C26H32N2O5/c1-17-19-13-23-24(33-11-10-32-23)14-20(19)26(8-4-5-9-26)16-28(17)15-25(29)27-21-7-6-18(30-2)12-22(21)31-3/h6-7,12-14,17H,4-5,8-11,15-16H2,1-3H3,(H,27,29). The van der Waals surface area contributed by atoms with Crippen molar-refractivity contribution in [2.75, 3.05) is 45.8 Å². The van der Waals surface area contributed by atoms with Gasteiger partial charge in [0.05, 0.1) is 26.5 Å². The van der Waals surface area contributed by atoms with Crippen LogP contribution in [0.15, 0.2) is 30.3 Å². The molecule has 0 radical (unpaired) electrons. The second-order valence-corrected chi connectivity index (χ2v) is 9.27. The summed E-state index contributed by atoms with van der Waals surface area (Å²) in [6.45, 7) is 4.52. The van der Waals surface area contributed by atoms with Gasteiger partial charge in [0, 0.05) is 24.1 Å². The maximum atomic E-state index is 13.1. The maximum Gasteiger partial charge on any atom is 0.238 e. The second kappa shape index (κ2) is 8.78. The van der Waals surface area contributed by atoms with E-state index in [9.17, 15) is 4.79 Å². The van der Waals surface area contributed by atoms with E-state index in [1.54, 1.807) is 20.3 Å². The largest absolute Gasteiger partial charge is 0.497 e. The predicted molar refractivity (Wildman–Crippen MR) is 126 cm³/mol. The van der Waals surface area contributed by atoms with E-state index in [0.29, 0.717) is 36.9 Å². The fraction of sp³-hybridized carbons (Fsp3) is 0.500. The first-order valence-electron chi connectivity index (χ1n) is 11.7. The van der Waals surface area contributed by atoms with E-state index in [1.807, 2.05) is 12.1 Å². The third-order valence-electron chi connectivity index (χ3n) is 7.38. The number of amides is 1. The molecule has 1 amide bonds. The first-order valence-corrected chi connectivity index (χ1v) is 11.7. The van der Waals surface area contributed by atoms with E-state index in [-0.39, 0.29) is 17.4 Å². The van der Waals surface area contributed by atoms with Crippen LogP contribution in [0.25, 0.3) is 0 Å². The number of nitrogens with zero attached hydrogens (tertiary/aromatic N) is 1. The van der Waals surface area contributed by atoms with Gasteiger partial charge in [-0.1, -0.05) is 12.8 Å². The zero-order chi connectivity index (χ0) is 23.0. The van der Waals surface area contributed by atoms with Crippen molar-refractivity contribution in [1.29, 1.82) is 0 Å². The Morgan fingerprint density at radius 3 is 2.52 bits per heavy atom. The highest BCUT2D eigenvalue weighted by Gasteiger charge is 2.45. The average Bonchev–Trinajstić information content (AvgIpc) is 3.31. The molecule has 1 spiro atoms. The molecule has 7 heteroatoms. The minimum absolute atomic E-state index is 0.0561. The minimum atomic E-state index is -0.0561. The first-order chi connectivity index (χ1) is 16.0. The molecule has 1 aliphatic carbocycles. The minimum Gasteiger partial charge on any atom is -0.497 e. The van der Waals surface area contributed by atoms with Gasteiger partial charge in [0.1, 0.15) is 24.7 Å². The smallest absolute Gasteiger partial charge is 0.238 e. The monoisotopic (exact) mass is 452 g/mol. The second-order valence-electron chi connectivity index (χ2n) is 9.27. The summed E-state index contributed by atoms with van der Waals surface area (Å²) in [5.41, 5.74) is 3.34. The lowest BCUT2D eigenvalue weighted by molar-refractivity contribution is -0.118.